The largest absolute Gasteiger partial charge is 0.483 e. The predicted molar refractivity (Wildman–Crippen MR) is 120 cm³/mol. The highest BCUT2D eigenvalue weighted by atomic mass is 32.1. The van der Waals surface area contributed by atoms with Gasteiger partial charge in [-0.05, 0) is 54.0 Å². The highest BCUT2D eigenvalue weighted by molar-refractivity contribution is 7.80. The lowest BCUT2D eigenvalue weighted by atomic mass is 10.0. The Bertz CT molecular complexity index is 833. The second kappa shape index (κ2) is 10.2. The molecule has 0 atom stereocenters. The average molecular weight is 414 g/mol. The number of nitrogens with zero attached hydrogens (tertiary/aromatic N) is 1. The second-order valence-corrected chi connectivity index (χ2v) is 7.54. The zero-order valence-corrected chi connectivity index (χ0v) is 17.6. The lowest BCUT2D eigenvalue weighted by Crippen LogP contribution is -2.37. The van der Waals surface area contributed by atoms with E-state index in [1.807, 2.05) is 48.5 Å². The fourth-order valence-corrected chi connectivity index (χ4v) is 3.37. The van der Waals surface area contributed by atoms with Crippen molar-refractivity contribution in [1.29, 1.82) is 0 Å². The molecule has 0 spiro atoms. The van der Waals surface area contributed by atoms with E-state index < -0.39 is 0 Å². The first-order valence-electron chi connectivity index (χ1n) is 9.78. The third-order valence-electron chi connectivity index (χ3n) is 4.65. The van der Waals surface area contributed by atoms with E-state index in [1.54, 1.807) is 0 Å². The van der Waals surface area contributed by atoms with Gasteiger partial charge in [0.15, 0.2) is 11.7 Å². The number of carbonyl (C=O) groups excluding carboxylic acids is 1. The summed E-state index contributed by atoms with van der Waals surface area (Å²) in [6.07, 6.45) is 0. The number of morpholine rings is 1. The van der Waals surface area contributed by atoms with E-state index in [-0.39, 0.29) is 17.6 Å². The van der Waals surface area contributed by atoms with Crippen molar-refractivity contribution >= 4 is 34.6 Å². The molecule has 1 heterocycles. The molecule has 0 unspecified atom stereocenters. The Morgan fingerprint density at radius 2 is 1.83 bits per heavy atom. The Balaban J connectivity index is 1.47. The van der Waals surface area contributed by atoms with Crippen LogP contribution in [0, 0.1) is 0 Å². The van der Waals surface area contributed by atoms with Crippen LogP contribution in [0.2, 0.25) is 0 Å². The van der Waals surface area contributed by atoms with Crippen molar-refractivity contribution in [2.24, 2.45) is 0 Å². The van der Waals surface area contributed by atoms with Crippen LogP contribution in [-0.4, -0.2) is 43.9 Å². The van der Waals surface area contributed by atoms with Gasteiger partial charge in [0.25, 0.3) is 5.91 Å². The standard InChI is InChI=1S/C22H27N3O3S/c1-16(2)19-5-3-4-6-20(19)28-15-21(26)24-22(29)23-17-7-9-18(10-8-17)25-11-13-27-14-12-25/h3-10,16H,11-15H2,1-2H3,(H2,23,24,26,29). The zero-order valence-electron chi connectivity index (χ0n) is 16.8. The van der Waals surface area contributed by atoms with Crippen LogP contribution in [0.5, 0.6) is 5.75 Å². The van der Waals surface area contributed by atoms with E-state index >= 15 is 0 Å². The molecule has 6 nitrogen and oxygen atoms in total. The van der Waals surface area contributed by atoms with Crippen LogP contribution in [0.25, 0.3) is 0 Å². The summed E-state index contributed by atoms with van der Waals surface area (Å²) in [6.45, 7) is 7.36. The van der Waals surface area contributed by atoms with E-state index in [4.69, 9.17) is 21.7 Å². The van der Waals surface area contributed by atoms with Crippen molar-refractivity contribution < 1.29 is 14.3 Å². The summed E-state index contributed by atoms with van der Waals surface area (Å²) in [6, 6.07) is 15.7. The molecule has 0 bridgehead atoms. The lowest BCUT2D eigenvalue weighted by Gasteiger charge is -2.28. The average Bonchev–Trinajstić information content (AvgIpc) is 2.73. The summed E-state index contributed by atoms with van der Waals surface area (Å²) in [5, 5.41) is 5.93. The van der Waals surface area contributed by atoms with Crippen LogP contribution >= 0.6 is 12.2 Å². The van der Waals surface area contributed by atoms with Gasteiger partial charge in [0.05, 0.1) is 13.2 Å². The summed E-state index contributed by atoms with van der Waals surface area (Å²) >= 11 is 5.24. The van der Waals surface area contributed by atoms with Gasteiger partial charge in [0.2, 0.25) is 0 Å². The smallest absolute Gasteiger partial charge is 0.264 e. The minimum atomic E-state index is -0.300. The second-order valence-electron chi connectivity index (χ2n) is 7.13. The van der Waals surface area contributed by atoms with Crippen molar-refractivity contribution in [3.8, 4) is 5.75 Å². The Morgan fingerprint density at radius 1 is 1.14 bits per heavy atom. The molecule has 2 aromatic carbocycles. The summed E-state index contributed by atoms with van der Waals surface area (Å²) in [7, 11) is 0. The molecule has 0 aliphatic carbocycles. The molecule has 2 aromatic rings. The van der Waals surface area contributed by atoms with Gasteiger partial charge < -0.3 is 19.7 Å². The molecule has 7 heteroatoms. The van der Waals surface area contributed by atoms with Gasteiger partial charge in [-0.1, -0.05) is 32.0 Å². The first-order chi connectivity index (χ1) is 14.0. The lowest BCUT2D eigenvalue weighted by molar-refractivity contribution is -0.121. The van der Waals surface area contributed by atoms with E-state index in [9.17, 15) is 4.79 Å². The maximum atomic E-state index is 12.2. The van der Waals surface area contributed by atoms with Crippen LogP contribution < -0.4 is 20.3 Å². The normalized spacial score (nSPS) is 13.8. The van der Waals surface area contributed by atoms with Crippen LogP contribution in [0.1, 0.15) is 25.3 Å². The zero-order chi connectivity index (χ0) is 20.6. The number of rotatable bonds is 6. The van der Waals surface area contributed by atoms with Crippen molar-refractivity contribution in [3.05, 3.63) is 54.1 Å². The van der Waals surface area contributed by atoms with E-state index in [0.29, 0.717) is 5.92 Å². The van der Waals surface area contributed by atoms with Crippen LogP contribution in [0.3, 0.4) is 0 Å². The first-order valence-corrected chi connectivity index (χ1v) is 10.2. The predicted octanol–water partition coefficient (Wildman–Crippen LogP) is 3.54. The van der Waals surface area contributed by atoms with Gasteiger partial charge in [-0.2, -0.15) is 0 Å². The molecule has 1 fully saturated rings. The van der Waals surface area contributed by atoms with Gasteiger partial charge >= 0.3 is 0 Å². The molecule has 1 aliphatic heterocycles. The number of thiocarbonyl (C=S) groups is 1. The Kier molecular flexibility index (Phi) is 7.43. The number of nitrogens with one attached hydrogen (secondary N) is 2. The van der Waals surface area contributed by atoms with Crippen molar-refractivity contribution in [3.63, 3.8) is 0 Å². The van der Waals surface area contributed by atoms with Crippen molar-refractivity contribution in [1.82, 2.24) is 5.32 Å². The molecule has 1 amide bonds. The molecular formula is C22H27N3O3S. The van der Waals surface area contributed by atoms with Crippen LogP contribution in [0.15, 0.2) is 48.5 Å². The summed E-state index contributed by atoms with van der Waals surface area (Å²) in [4.78, 5) is 14.5. The van der Waals surface area contributed by atoms with E-state index in [2.05, 4.69) is 29.4 Å². The number of benzene rings is 2. The Labute approximate surface area is 177 Å². The van der Waals surface area contributed by atoms with Crippen LogP contribution in [0.4, 0.5) is 11.4 Å². The molecule has 154 valence electrons. The highest BCUT2D eigenvalue weighted by Gasteiger charge is 2.12. The fourth-order valence-electron chi connectivity index (χ4n) is 3.13. The highest BCUT2D eigenvalue weighted by Crippen LogP contribution is 2.25. The molecular weight excluding hydrogens is 386 g/mol. The molecule has 0 radical (unpaired) electrons. The molecule has 1 aliphatic rings. The van der Waals surface area contributed by atoms with E-state index in [1.165, 1.54) is 0 Å². The van der Waals surface area contributed by atoms with Gasteiger partial charge in [0, 0.05) is 24.5 Å². The molecule has 1 saturated heterocycles. The van der Waals surface area contributed by atoms with Gasteiger partial charge in [0.1, 0.15) is 5.75 Å². The van der Waals surface area contributed by atoms with E-state index in [0.717, 1.165) is 49.0 Å². The summed E-state index contributed by atoms with van der Waals surface area (Å²) in [5.41, 5.74) is 3.03. The molecule has 0 saturated carbocycles. The number of carbonyl (C=O) groups is 1. The number of para-hydroxylation sites is 1. The maximum Gasteiger partial charge on any atom is 0.264 e. The minimum absolute atomic E-state index is 0.0957. The first kappa shape index (κ1) is 21.1. The number of amides is 1. The quantitative estimate of drug-likeness (QED) is 0.707. The van der Waals surface area contributed by atoms with Crippen LogP contribution in [-0.2, 0) is 9.53 Å². The molecule has 29 heavy (non-hydrogen) atoms. The number of anilines is 2. The third-order valence-corrected chi connectivity index (χ3v) is 4.86. The maximum absolute atomic E-state index is 12.2. The monoisotopic (exact) mass is 413 g/mol. The Morgan fingerprint density at radius 3 is 2.52 bits per heavy atom. The SMILES string of the molecule is CC(C)c1ccccc1OCC(=O)NC(=S)Nc1ccc(N2CCOCC2)cc1. The molecule has 2 N–H and O–H groups in total. The van der Waals surface area contributed by atoms with Gasteiger partial charge in [-0.15, -0.1) is 0 Å². The van der Waals surface area contributed by atoms with Gasteiger partial charge in [-0.3, -0.25) is 10.1 Å². The number of hydrogen-bond donors (Lipinski definition) is 2. The fraction of sp³-hybridized carbons (Fsp3) is 0.364. The molecule has 3 rings (SSSR count). The van der Waals surface area contributed by atoms with Crippen molar-refractivity contribution in [2.45, 2.75) is 19.8 Å². The topological polar surface area (TPSA) is 62.8 Å². The third kappa shape index (κ3) is 6.17. The number of hydrogen-bond acceptors (Lipinski definition) is 5. The van der Waals surface area contributed by atoms with Crippen molar-refractivity contribution in [2.75, 3.05) is 43.1 Å². The Hall–Kier alpha value is -2.64. The minimum Gasteiger partial charge on any atom is -0.483 e. The summed E-state index contributed by atoms with van der Waals surface area (Å²) < 4.78 is 11.1. The number of ether oxygens (including phenoxy) is 2. The summed E-state index contributed by atoms with van der Waals surface area (Å²) in [5.74, 6) is 0.735. The molecule has 0 aromatic heterocycles. The van der Waals surface area contributed by atoms with Gasteiger partial charge in [-0.25, -0.2) is 0 Å².